The molecule has 3 aliphatic rings. The van der Waals surface area contributed by atoms with Crippen LogP contribution in [0.15, 0.2) is 54.7 Å². The monoisotopic (exact) mass is 661 g/mol. The number of carbonyl (C=O) groups is 1. The first kappa shape index (κ1) is 32.6. The van der Waals surface area contributed by atoms with Crippen LogP contribution >= 0.6 is 0 Å². The van der Waals surface area contributed by atoms with Gasteiger partial charge in [-0.1, -0.05) is 18.2 Å². The molecule has 12 heteroatoms. The number of H-pyrrole nitrogens is 1. The fourth-order valence-electron chi connectivity index (χ4n) is 7.05. The van der Waals surface area contributed by atoms with Crippen LogP contribution in [0, 0.1) is 0 Å². The Balaban J connectivity index is 1.03. The molecule has 0 saturated carbocycles. The van der Waals surface area contributed by atoms with Gasteiger partial charge in [-0.3, -0.25) is 14.6 Å². The summed E-state index contributed by atoms with van der Waals surface area (Å²) in [5.74, 6) is 1.09. The van der Waals surface area contributed by atoms with E-state index in [0.717, 1.165) is 42.7 Å². The number of hydrogen-bond donors (Lipinski definition) is 3. The van der Waals surface area contributed by atoms with Crippen LogP contribution in [0.5, 0.6) is 11.5 Å². The number of carbonyl (C=O) groups excluding carboxylic acids is 1. The third kappa shape index (κ3) is 6.55. The number of pyridine rings is 1. The van der Waals surface area contributed by atoms with E-state index >= 15 is 0 Å². The number of ether oxygens (including phenoxy) is 2. The molecule has 2 aromatic heterocycles. The van der Waals surface area contributed by atoms with Gasteiger partial charge in [-0.25, -0.2) is 13.8 Å². The lowest BCUT2D eigenvalue weighted by Gasteiger charge is -2.36. The lowest BCUT2D eigenvalue weighted by molar-refractivity contribution is -0.186. The molecule has 0 aliphatic carbocycles. The van der Waals surface area contributed by atoms with Gasteiger partial charge in [0.05, 0.1) is 43.4 Å². The standard InChI is InChI=1S/C36H41F2N5O5/c1-23-28-18-27(48-31-6-8-39-35-30(31)19-32(40-35)36(46)21-47-22-36)5-4-25(28)7-9-43(23)33(45)17-24-2-3-26(29(16-24)34(37)38)20-42-12-10-41(11-13-42)14-15-44/h2-6,8,16,18-19,23,34,44,46H,7,9-15,17,20-22H2,1H3,(H,39,40)/t23-/m0/s1. The van der Waals surface area contributed by atoms with Gasteiger partial charge in [-0.15, -0.1) is 0 Å². The number of nitrogens with one attached hydrogen (secondary N) is 1. The van der Waals surface area contributed by atoms with Gasteiger partial charge in [0, 0.05) is 57.6 Å². The first-order valence-electron chi connectivity index (χ1n) is 16.5. The number of piperazine rings is 1. The molecule has 2 saturated heterocycles. The van der Waals surface area contributed by atoms with Crippen LogP contribution < -0.4 is 4.74 Å². The van der Waals surface area contributed by atoms with Gasteiger partial charge in [0.1, 0.15) is 17.1 Å². The zero-order chi connectivity index (χ0) is 33.4. The van der Waals surface area contributed by atoms with E-state index in [0.29, 0.717) is 60.0 Å². The maximum absolute atomic E-state index is 14.2. The van der Waals surface area contributed by atoms with E-state index in [1.54, 1.807) is 24.4 Å². The third-order valence-electron chi connectivity index (χ3n) is 9.96. The zero-order valence-corrected chi connectivity index (χ0v) is 27.0. The smallest absolute Gasteiger partial charge is 0.264 e. The van der Waals surface area contributed by atoms with E-state index in [4.69, 9.17) is 9.47 Å². The molecule has 2 fully saturated rings. The number of β-amino-alcohol motifs (C(OH)–C–C–N with tert-alkyl or cyclic N) is 1. The third-order valence-corrected chi connectivity index (χ3v) is 9.96. The van der Waals surface area contributed by atoms with Crippen molar-refractivity contribution < 1.29 is 33.3 Å². The van der Waals surface area contributed by atoms with Gasteiger partial charge >= 0.3 is 0 Å². The van der Waals surface area contributed by atoms with Crippen molar-refractivity contribution in [3.05, 3.63) is 88.2 Å². The number of aliphatic hydroxyl groups excluding tert-OH is 1. The van der Waals surface area contributed by atoms with Crippen molar-refractivity contribution in [2.45, 2.75) is 44.4 Å². The maximum Gasteiger partial charge on any atom is 0.264 e. The van der Waals surface area contributed by atoms with Crippen LogP contribution in [0.25, 0.3) is 11.0 Å². The molecule has 48 heavy (non-hydrogen) atoms. The summed E-state index contributed by atoms with van der Waals surface area (Å²) >= 11 is 0. The summed E-state index contributed by atoms with van der Waals surface area (Å²) in [5.41, 5.74) is 3.43. The second-order valence-corrected chi connectivity index (χ2v) is 13.1. The van der Waals surface area contributed by atoms with Gasteiger partial charge in [0.15, 0.2) is 5.60 Å². The van der Waals surface area contributed by atoms with Gasteiger partial charge < -0.3 is 29.6 Å². The van der Waals surface area contributed by atoms with Crippen LogP contribution in [0.2, 0.25) is 0 Å². The van der Waals surface area contributed by atoms with E-state index in [9.17, 15) is 23.8 Å². The van der Waals surface area contributed by atoms with Crippen molar-refractivity contribution >= 4 is 16.9 Å². The molecule has 1 amide bonds. The van der Waals surface area contributed by atoms with Gasteiger partial charge in [-0.05, 0) is 65.9 Å². The van der Waals surface area contributed by atoms with Gasteiger partial charge in [0.2, 0.25) is 5.91 Å². The number of benzene rings is 2. The average Bonchev–Trinajstić information content (AvgIpc) is 3.51. The van der Waals surface area contributed by atoms with E-state index in [1.807, 2.05) is 36.1 Å². The predicted octanol–water partition coefficient (Wildman–Crippen LogP) is 4.31. The highest BCUT2D eigenvalue weighted by molar-refractivity contribution is 5.84. The minimum absolute atomic E-state index is 0.0214. The highest BCUT2D eigenvalue weighted by Crippen LogP contribution is 2.38. The number of rotatable bonds is 10. The minimum atomic E-state index is -2.64. The first-order valence-corrected chi connectivity index (χ1v) is 16.5. The molecule has 7 rings (SSSR count). The molecule has 10 nitrogen and oxygen atoms in total. The second kappa shape index (κ2) is 13.5. The Morgan fingerprint density at radius 3 is 2.60 bits per heavy atom. The van der Waals surface area contributed by atoms with Crippen LogP contribution in [0.1, 0.15) is 52.9 Å². The molecule has 5 heterocycles. The Kier molecular flexibility index (Phi) is 9.18. The Hall–Kier alpha value is -3.94. The van der Waals surface area contributed by atoms with Crippen molar-refractivity contribution in [3.8, 4) is 11.5 Å². The Bertz CT molecular complexity index is 1790. The molecular formula is C36H41F2N5O5. The minimum Gasteiger partial charge on any atom is -0.457 e. The van der Waals surface area contributed by atoms with Crippen LogP contribution in [0.4, 0.5) is 8.78 Å². The van der Waals surface area contributed by atoms with Crippen LogP contribution in [0.3, 0.4) is 0 Å². The summed E-state index contributed by atoms with van der Waals surface area (Å²) in [7, 11) is 0. The predicted molar refractivity (Wildman–Crippen MR) is 175 cm³/mol. The lowest BCUT2D eigenvalue weighted by Crippen LogP contribution is -2.46. The maximum atomic E-state index is 14.2. The number of aliphatic hydroxyl groups is 2. The van der Waals surface area contributed by atoms with Crippen LogP contribution in [-0.4, -0.2) is 99.9 Å². The highest BCUT2D eigenvalue weighted by Gasteiger charge is 2.40. The molecule has 2 aromatic carbocycles. The van der Waals surface area contributed by atoms with Crippen molar-refractivity contribution in [2.24, 2.45) is 0 Å². The molecule has 0 unspecified atom stereocenters. The molecule has 0 bridgehead atoms. The summed E-state index contributed by atoms with van der Waals surface area (Å²) < 4.78 is 40.0. The SMILES string of the molecule is C[C@H]1c2cc(Oc3ccnc4[nH]c(C5(O)COC5)cc34)ccc2CCN1C(=O)Cc1ccc(CN2CCN(CCO)CC2)c(C(F)F)c1. The topological polar surface area (TPSA) is 114 Å². The van der Waals surface area contributed by atoms with Crippen LogP contribution in [-0.2, 0) is 34.5 Å². The van der Waals surface area contributed by atoms with E-state index in [1.165, 1.54) is 6.07 Å². The largest absolute Gasteiger partial charge is 0.457 e. The summed E-state index contributed by atoms with van der Waals surface area (Å²) in [6.45, 7) is 7.24. The fourth-order valence-corrected chi connectivity index (χ4v) is 7.05. The number of aromatic amines is 1. The molecule has 4 aromatic rings. The summed E-state index contributed by atoms with van der Waals surface area (Å²) in [6.07, 6.45) is -0.271. The molecule has 0 spiro atoms. The number of fused-ring (bicyclic) bond motifs is 2. The molecule has 3 aliphatic heterocycles. The average molecular weight is 662 g/mol. The fraction of sp³-hybridized carbons (Fsp3) is 0.444. The number of amides is 1. The van der Waals surface area contributed by atoms with E-state index in [-0.39, 0.29) is 43.8 Å². The Labute approximate surface area is 277 Å². The number of alkyl halides is 2. The molecule has 3 N–H and O–H groups in total. The molecule has 0 radical (unpaired) electrons. The highest BCUT2D eigenvalue weighted by atomic mass is 19.3. The van der Waals surface area contributed by atoms with E-state index in [2.05, 4.69) is 19.8 Å². The van der Waals surface area contributed by atoms with Crippen molar-refractivity contribution in [2.75, 3.05) is 59.1 Å². The Morgan fingerprint density at radius 1 is 1.08 bits per heavy atom. The summed E-state index contributed by atoms with van der Waals surface area (Å²) in [4.78, 5) is 27.3. The number of hydrogen-bond acceptors (Lipinski definition) is 8. The van der Waals surface area contributed by atoms with Crippen molar-refractivity contribution in [1.29, 1.82) is 0 Å². The van der Waals surface area contributed by atoms with E-state index < -0.39 is 12.0 Å². The number of nitrogens with zero attached hydrogens (tertiary/aromatic N) is 4. The van der Waals surface area contributed by atoms with Gasteiger partial charge in [-0.2, -0.15) is 0 Å². The normalized spacial score (nSPS) is 19.8. The summed E-state index contributed by atoms with van der Waals surface area (Å²) in [5, 5.41) is 20.6. The number of aromatic nitrogens is 2. The molecule has 254 valence electrons. The number of halogens is 2. The quantitative estimate of drug-likeness (QED) is 0.231. The van der Waals surface area contributed by atoms with Crippen molar-refractivity contribution in [1.82, 2.24) is 24.7 Å². The van der Waals surface area contributed by atoms with Gasteiger partial charge in [0.25, 0.3) is 6.43 Å². The zero-order valence-electron chi connectivity index (χ0n) is 27.0. The first-order chi connectivity index (χ1) is 23.2. The second-order valence-electron chi connectivity index (χ2n) is 13.1. The summed E-state index contributed by atoms with van der Waals surface area (Å²) in [6, 6.07) is 14.3. The molecule has 1 atom stereocenters. The van der Waals surface area contributed by atoms with Crippen molar-refractivity contribution in [3.63, 3.8) is 0 Å². The Morgan fingerprint density at radius 2 is 1.88 bits per heavy atom. The molecular weight excluding hydrogens is 620 g/mol. The lowest BCUT2D eigenvalue weighted by atomic mass is 9.92.